The van der Waals surface area contributed by atoms with Crippen LogP contribution < -0.4 is 14.8 Å². The van der Waals surface area contributed by atoms with Crippen LogP contribution in [0.25, 0.3) is 6.08 Å². The molecular formula is C24H19BrN2O3S. The number of aliphatic imine (C=N–C) groups is 1. The number of nitrogens with one attached hydrogen (secondary N) is 1. The maximum atomic E-state index is 12.3. The largest absolute Gasteiger partial charge is 0.493 e. The van der Waals surface area contributed by atoms with E-state index in [1.165, 1.54) is 11.8 Å². The SMILES string of the molecule is COc1cc(C=C2SC(=Nc3ccccc3)NC2=O)ccc1OCc1ccc(Br)cc1. The van der Waals surface area contributed by atoms with Crippen molar-refractivity contribution in [1.82, 2.24) is 5.32 Å². The van der Waals surface area contributed by atoms with E-state index in [2.05, 4.69) is 26.2 Å². The van der Waals surface area contributed by atoms with Crippen molar-refractivity contribution < 1.29 is 14.3 Å². The lowest BCUT2D eigenvalue weighted by Crippen LogP contribution is -2.19. The predicted molar refractivity (Wildman–Crippen MR) is 129 cm³/mol. The number of hydrogen-bond donors (Lipinski definition) is 1. The van der Waals surface area contributed by atoms with E-state index in [0.29, 0.717) is 28.2 Å². The van der Waals surface area contributed by atoms with Gasteiger partial charge in [-0.2, -0.15) is 0 Å². The Balaban J connectivity index is 1.48. The number of hydrogen-bond acceptors (Lipinski definition) is 5. The molecule has 0 aromatic heterocycles. The lowest BCUT2D eigenvalue weighted by molar-refractivity contribution is -0.115. The average molecular weight is 495 g/mol. The first kappa shape index (κ1) is 21.2. The van der Waals surface area contributed by atoms with Crippen LogP contribution in [0, 0.1) is 0 Å². The van der Waals surface area contributed by atoms with Crippen molar-refractivity contribution in [3.05, 3.63) is 93.3 Å². The molecule has 7 heteroatoms. The van der Waals surface area contributed by atoms with Gasteiger partial charge in [0.05, 0.1) is 17.7 Å². The third kappa shape index (κ3) is 5.57. The van der Waals surface area contributed by atoms with E-state index >= 15 is 0 Å². The highest BCUT2D eigenvalue weighted by atomic mass is 79.9. The minimum Gasteiger partial charge on any atom is -0.493 e. The molecule has 31 heavy (non-hydrogen) atoms. The average Bonchev–Trinajstić information content (AvgIpc) is 3.13. The number of carbonyl (C=O) groups is 1. The molecule has 1 aliphatic rings. The quantitative estimate of drug-likeness (QED) is 0.431. The van der Waals surface area contributed by atoms with Gasteiger partial charge >= 0.3 is 0 Å². The number of thioether (sulfide) groups is 1. The number of para-hydroxylation sites is 1. The first-order valence-corrected chi connectivity index (χ1v) is 11.1. The van der Waals surface area contributed by atoms with Gasteiger partial charge < -0.3 is 14.8 Å². The number of nitrogens with zero attached hydrogens (tertiary/aromatic N) is 1. The molecule has 1 aliphatic heterocycles. The lowest BCUT2D eigenvalue weighted by atomic mass is 10.2. The summed E-state index contributed by atoms with van der Waals surface area (Å²) in [4.78, 5) is 17.4. The Kier molecular flexibility index (Phi) is 6.74. The van der Waals surface area contributed by atoms with E-state index < -0.39 is 0 Å². The van der Waals surface area contributed by atoms with Crippen molar-refractivity contribution in [2.45, 2.75) is 6.61 Å². The number of rotatable bonds is 6. The van der Waals surface area contributed by atoms with Gasteiger partial charge in [0.25, 0.3) is 5.91 Å². The van der Waals surface area contributed by atoms with E-state index in [1.54, 1.807) is 7.11 Å². The Morgan fingerprint density at radius 3 is 2.55 bits per heavy atom. The second-order valence-corrected chi connectivity index (χ2v) is 8.59. The summed E-state index contributed by atoms with van der Waals surface area (Å²) in [6.45, 7) is 0.432. The Morgan fingerprint density at radius 2 is 1.81 bits per heavy atom. The summed E-state index contributed by atoms with van der Waals surface area (Å²) in [6, 6.07) is 23.1. The molecule has 0 radical (unpaired) electrons. The van der Waals surface area contributed by atoms with Crippen molar-refractivity contribution in [3.63, 3.8) is 0 Å². The minimum absolute atomic E-state index is 0.172. The first-order chi connectivity index (χ1) is 15.1. The van der Waals surface area contributed by atoms with Crippen LogP contribution in [0.2, 0.25) is 0 Å². The van der Waals surface area contributed by atoms with Crippen molar-refractivity contribution in [2.75, 3.05) is 7.11 Å². The van der Waals surface area contributed by atoms with E-state index in [1.807, 2.05) is 78.9 Å². The summed E-state index contributed by atoms with van der Waals surface area (Å²) in [5.74, 6) is 1.07. The van der Waals surface area contributed by atoms with Crippen LogP contribution in [-0.4, -0.2) is 18.2 Å². The normalized spacial score (nSPS) is 15.9. The molecular weight excluding hydrogens is 476 g/mol. The van der Waals surface area contributed by atoms with Crippen LogP contribution in [-0.2, 0) is 11.4 Å². The van der Waals surface area contributed by atoms with Crippen LogP contribution >= 0.6 is 27.7 Å². The molecule has 1 fully saturated rings. The molecule has 1 heterocycles. The molecule has 0 bridgehead atoms. The molecule has 5 nitrogen and oxygen atoms in total. The second-order valence-electron chi connectivity index (χ2n) is 6.64. The summed E-state index contributed by atoms with van der Waals surface area (Å²) >= 11 is 4.74. The minimum atomic E-state index is -0.172. The fourth-order valence-electron chi connectivity index (χ4n) is 2.89. The van der Waals surface area contributed by atoms with Gasteiger partial charge in [-0.05, 0) is 65.4 Å². The topological polar surface area (TPSA) is 59.9 Å². The maximum absolute atomic E-state index is 12.3. The molecule has 3 aromatic carbocycles. The van der Waals surface area contributed by atoms with Gasteiger partial charge in [-0.25, -0.2) is 4.99 Å². The Morgan fingerprint density at radius 1 is 1.03 bits per heavy atom. The number of methoxy groups -OCH3 is 1. The summed E-state index contributed by atoms with van der Waals surface area (Å²) < 4.78 is 12.4. The van der Waals surface area contributed by atoms with Gasteiger partial charge in [-0.3, -0.25) is 4.79 Å². The van der Waals surface area contributed by atoms with E-state index in [9.17, 15) is 4.79 Å². The van der Waals surface area contributed by atoms with Crippen LogP contribution in [0.1, 0.15) is 11.1 Å². The van der Waals surface area contributed by atoms with Crippen molar-refractivity contribution in [2.24, 2.45) is 4.99 Å². The highest BCUT2D eigenvalue weighted by molar-refractivity contribution is 9.10. The highest BCUT2D eigenvalue weighted by Crippen LogP contribution is 2.32. The van der Waals surface area contributed by atoms with Crippen LogP contribution in [0.15, 0.2) is 87.2 Å². The molecule has 0 saturated carbocycles. The molecule has 1 amide bonds. The molecule has 1 N–H and O–H groups in total. The summed E-state index contributed by atoms with van der Waals surface area (Å²) in [7, 11) is 1.60. The summed E-state index contributed by atoms with van der Waals surface area (Å²) in [5, 5.41) is 3.36. The monoisotopic (exact) mass is 494 g/mol. The standard InChI is InChI=1S/C24H19BrN2O3S/c1-29-21-13-17(9-12-20(21)30-15-16-7-10-18(25)11-8-16)14-22-23(28)27-24(31-22)26-19-5-3-2-4-6-19/h2-14H,15H2,1H3,(H,26,27,28). The molecule has 1 saturated heterocycles. The fourth-order valence-corrected chi connectivity index (χ4v) is 3.99. The zero-order chi connectivity index (χ0) is 21.6. The lowest BCUT2D eigenvalue weighted by Gasteiger charge is -2.11. The molecule has 0 aliphatic carbocycles. The summed E-state index contributed by atoms with van der Waals surface area (Å²) in [6.07, 6.45) is 1.81. The first-order valence-electron chi connectivity index (χ1n) is 9.50. The number of amides is 1. The van der Waals surface area contributed by atoms with E-state index in [-0.39, 0.29) is 5.91 Å². The van der Waals surface area contributed by atoms with Gasteiger partial charge in [0.2, 0.25) is 0 Å². The van der Waals surface area contributed by atoms with Crippen LogP contribution in [0.5, 0.6) is 11.5 Å². The molecule has 0 spiro atoms. The predicted octanol–water partition coefficient (Wildman–Crippen LogP) is 5.93. The van der Waals surface area contributed by atoms with Crippen molar-refractivity contribution in [3.8, 4) is 11.5 Å². The zero-order valence-corrected chi connectivity index (χ0v) is 19.1. The van der Waals surface area contributed by atoms with Gasteiger partial charge in [0.1, 0.15) is 6.61 Å². The molecule has 4 rings (SSSR count). The second kappa shape index (κ2) is 9.85. The van der Waals surface area contributed by atoms with E-state index in [0.717, 1.165) is 21.3 Å². The van der Waals surface area contributed by atoms with Crippen molar-refractivity contribution >= 4 is 50.5 Å². The maximum Gasteiger partial charge on any atom is 0.264 e. The van der Waals surface area contributed by atoms with E-state index in [4.69, 9.17) is 9.47 Å². The van der Waals surface area contributed by atoms with Gasteiger partial charge in [0.15, 0.2) is 16.7 Å². The summed E-state index contributed by atoms with van der Waals surface area (Å²) in [5.41, 5.74) is 2.69. The molecule has 0 unspecified atom stereocenters. The van der Waals surface area contributed by atoms with Crippen LogP contribution in [0.3, 0.4) is 0 Å². The van der Waals surface area contributed by atoms with Gasteiger partial charge in [0, 0.05) is 4.47 Å². The Bertz CT molecular complexity index is 1150. The third-order valence-corrected chi connectivity index (χ3v) is 5.87. The highest BCUT2D eigenvalue weighted by Gasteiger charge is 2.24. The number of ether oxygens (including phenoxy) is 2. The van der Waals surface area contributed by atoms with Crippen molar-refractivity contribution in [1.29, 1.82) is 0 Å². The third-order valence-electron chi connectivity index (χ3n) is 4.43. The number of halogens is 1. The smallest absolute Gasteiger partial charge is 0.264 e. The molecule has 156 valence electrons. The molecule has 3 aromatic rings. The Labute approximate surface area is 193 Å². The number of carbonyl (C=O) groups excluding carboxylic acids is 1. The van der Waals surface area contributed by atoms with Gasteiger partial charge in [-0.1, -0.05) is 52.3 Å². The number of amidine groups is 1. The number of benzene rings is 3. The molecule has 0 atom stereocenters. The van der Waals surface area contributed by atoms with Crippen LogP contribution in [0.4, 0.5) is 5.69 Å². The fraction of sp³-hybridized carbons (Fsp3) is 0.0833. The van der Waals surface area contributed by atoms with Gasteiger partial charge in [-0.15, -0.1) is 0 Å². The zero-order valence-electron chi connectivity index (χ0n) is 16.7. The Hall–Kier alpha value is -3.03.